The van der Waals surface area contributed by atoms with Crippen LogP contribution < -0.4 is 5.32 Å². The Morgan fingerprint density at radius 2 is 1.88 bits per heavy atom. The van der Waals surface area contributed by atoms with E-state index in [1.54, 1.807) is 19.9 Å². The summed E-state index contributed by atoms with van der Waals surface area (Å²) in [5.41, 5.74) is 1.03. The molecule has 2 fully saturated rings. The molecular weight excluding hydrogens is 466 g/mol. The van der Waals surface area contributed by atoms with Crippen molar-refractivity contribution < 1.29 is 26.5 Å². The predicted octanol–water partition coefficient (Wildman–Crippen LogP) is 2.75. The van der Waals surface area contributed by atoms with E-state index in [0.29, 0.717) is 37.2 Å². The van der Waals surface area contributed by atoms with E-state index >= 15 is 0 Å². The molecule has 2 saturated heterocycles. The van der Waals surface area contributed by atoms with Crippen LogP contribution in [0.25, 0.3) is 0 Å². The molecule has 4 rings (SSSR count). The zero-order chi connectivity index (χ0) is 24.5. The number of hydrogen-bond acceptors (Lipinski definition) is 6. The number of nitrogens with one attached hydrogen (secondary N) is 1. The number of sulfonamides is 1. The van der Waals surface area contributed by atoms with Crippen molar-refractivity contribution in [2.75, 3.05) is 26.2 Å². The van der Waals surface area contributed by atoms with Gasteiger partial charge in [0.25, 0.3) is 0 Å². The van der Waals surface area contributed by atoms with Gasteiger partial charge in [0.05, 0.1) is 5.92 Å². The molecule has 1 aromatic carbocycles. The lowest BCUT2D eigenvalue weighted by molar-refractivity contribution is -0.127. The second kappa shape index (κ2) is 10.1. The van der Waals surface area contributed by atoms with Crippen LogP contribution in [0.4, 0.5) is 8.78 Å². The van der Waals surface area contributed by atoms with E-state index in [0.717, 1.165) is 32.0 Å². The summed E-state index contributed by atoms with van der Waals surface area (Å²) >= 11 is 0. The van der Waals surface area contributed by atoms with E-state index in [9.17, 15) is 22.0 Å². The van der Waals surface area contributed by atoms with E-state index in [2.05, 4.69) is 15.4 Å². The van der Waals surface area contributed by atoms with Gasteiger partial charge in [0.2, 0.25) is 15.9 Å². The van der Waals surface area contributed by atoms with Crippen molar-refractivity contribution in [2.24, 2.45) is 5.92 Å². The Kier molecular flexibility index (Phi) is 7.34. The first-order chi connectivity index (χ1) is 16.1. The molecule has 186 valence electrons. The summed E-state index contributed by atoms with van der Waals surface area (Å²) < 4.78 is 59.2. The van der Waals surface area contributed by atoms with E-state index in [4.69, 9.17) is 4.52 Å². The summed E-state index contributed by atoms with van der Waals surface area (Å²) in [4.78, 5) is 15.2. The van der Waals surface area contributed by atoms with Crippen LogP contribution in [0.2, 0.25) is 0 Å². The second-order valence-corrected chi connectivity index (χ2v) is 11.0. The van der Waals surface area contributed by atoms with Crippen LogP contribution in [0, 0.1) is 31.4 Å². The third-order valence-corrected chi connectivity index (χ3v) is 8.76. The maximum Gasteiger partial charge on any atom is 0.248 e. The lowest BCUT2D eigenvalue weighted by Crippen LogP contribution is -2.50. The topological polar surface area (TPSA) is 95.8 Å². The maximum absolute atomic E-state index is 13.4. The van der Waals surface area contributed by atoms with Gasteiger partial charge in [-0.15, -0.1) is 0 Å². The van der Waals surface area contributed by atoms with Crippen molar-refractivity contribution >= 4 is 15.9 Å². The van der Waals surface area contributed by atoms with E-state index in [1.807, 2.05) is 0 Å². The minimum absolute atomic E-state index is 0.00301. The molecule has 1 atom stereocenters. The Balaban J connectivity index is 1.30. The highest BCUT2D eigenvalue weighted by Crippen LogP contribution is 2.28. The molecule has 3 heterocycles. The summed E-state index contributed by atoms with van der Waals surface area (Å²) in [6.45, 7) is 5.62. The number of carbonyl (C=O) groups excluding carboxylic acids is 1. The molecule has 1 amide bonds. The lowest BCUT2D eigenvalue weighted by Gasteiger charge is -2.35. The first-order valence-corrected chi connectivity index (χ1v) is 13.0. The number of rotatable bonds is 6. The predicted molar refractivity (Wildman–Crippen MR) is 120 cm³/mol. The number of halogens is 2. The standard InChI is InChI=1S/C23H30F2N4O4S/c1-15-22(16(2)33-27-15)34(31,32)29-9-3-4-18(14-29)23(30)26-19-7-10-28(11-8-19)13-17-5-6-20(24)21(25)12-17/h5-6,12,18-19H,3-4,7-11,13-14H2,1-2H3,(H,26,30). The monoisotopic (exact) mass is 496 g/mol. The highest BCUT2D eigenvalue weighted by molar-refractivity contribution is 7.89. The van der Waals surface area contributed by atoms with Crippen LogP contribution in [0.15, 0.2) is 27.6 Å². The molecule has 1 N–H and O–H groups in total. The Labute approximate surface area is 198 Å². The molecule has 2 aliphatic rings. The Morgan fingerprint density at radius 3 is 2.53 bits per heavy atom. The van der Waals surface area contributed by atoms with Crippen molar-refractivity contribution in [1.29, 1.82) is 0 Å². The van der Waals surface area contributed by atoms with Crippen molar-refractivity contribution in [3.05, 3.63) is 46.9 Å². The van der Waals surface area contributed by atoms with Crippen LogP contribution in [0.1, 0.15) is 42.7 Å². The quantitative estimate of drug-likeness (QED) is 0.661. The minimum atomic E-state index is -3.78. The molecule has 2 aliphatic heterocycles. The smallest absolute Gasteiger partial charge is 0.248 e. The zero-order valence-corrected chi connectivity index (χ0v) is 20.2. The number of nitrogens with zero attached hydrogens (tertiary/aromatic N) is 3. The van der Waals surface area contributed by atoms with Gasteiger partial charge in [0, 0.05) is 38.8 Å². The Morgan fingerprint density at radius 1 is 1.15 bits per heavy atom. The highest BCUT2D eigenvalue weighted by Gasteiger charge is 2.37. The van der Waals surface area contributed by atoms with E-state index in [-0.39, 0.29) is 29.1 Å². The van der Waals surface area contributed by atoms with Gasteiger partial charge in [-0.25, -0.2) is 17.2 Å². The van der Waals surface area contributed by atoms with Gasteiger partial charge in [-0.3, -0.25) is 9.69 Å². The largest absolute Gasteiger partial charge is 0.360 e. The number of amides is 1. The van der Waals surface area contributed by atoms with Gasteiger partial charge < -0.3 is 9.84 Å². The molecule has 0 aliphatic carbocycles. The number of likely N-dealkylation sites (tertiary alicyclic amines) is 1. The van der Waals surface area contributed by atoms with Crippen molar-refractivity contribution in [1.82, 2.24) is 19.7 Å². The van der Waals surface area contributed by atoms with Crippen LogP contribution in [0.5, 0.6) is 0 Å². The SMILES string of the molecule is Cc1noc(C)c1S(=O)(=O)N1CCCC(C(=O)NC2CCN(Cc3ccc(F)c(F)c3)CC2)C1. The maximum atomic E-state index is 13.4. The number of aromatic nitrogens is 1. The number of aryl methyl sites for hydroxylation is 2. The highest BCUT2D eigenvalue weighted by atomic mass is 32.2. The van der Waals surface area contributed by atoms with E-state index < -0.39 is 27.6 Å². The molecule has 0 saturated carbocycles. The first-order valence-electron chi connectivity index (χ1n) is 11.5. The summed E-state index contributed by atoms with van der Waals surface area (Å²) in [7, 11) is -3.78. The normalized spacial score (nSPS) is 21.0. The molecule has 0 radical (unpaired) electrons. The van der Waals surface area contributed by atoms with Crippen LogP contribution in [0.3, 0.4) is 0 Å². The Hall–Kier alpha value is -2.37. The number of carbonyl (C=O) groups is 1. The van der Waals surface area contributed by atoms with Gasteiger partial charge in [0.15, 0.2) is 17.4 Å². The molecule has 2 aromatic rings. The van der Waals surface area contributed by atoms with Crippen LogP contribution in [-0.4, -0.2) is 60.9 Å². The molecular formula is C23H30F2N4O4S. The average Bonchev–Trinajstić information content (AvgIpc) is 3.16. The second-order valence-electron chi connectivity index (χ2n) is 9.16. The fraction of sp³-hybridized carbons (Fsp3) is 0.565. The number of piperidine rings is 2. The van der Waals surface area contributed by atoms with Gasteiger partial charge in [-0.2, -0.15) is 4.31 Å². The van der Waals surface area contributed by atoms with Gasteiger partial charge in [-0.1, -0.05) is 11.2 Å². The zero-order valence-electron chi connectivity index (χ0n) is 19.4. The summed E-state index contributed by atoms with van der Waals surface area (Å²) in [5.74, 6) is -2.00. The average molecular weight is 497 g/mol. The summed E-state index contributed by atoms with van der Waals surface area (Å²) in [5, 5.41) is 6.84. The molecule has 0 bridgehead atoms. The van der Waals surface area contributed by atoms with Crippen molar-refractivity contribution in [2.45, 2.75) is 57.0 Å². The van der Waals surface area contributed by atoms with Gasteiger partial charge in [0.1, 0.15) is 10.6 Å². The molecule has 1 unspecified atom stereocenters. The molecule has 11 heteroatoms. The van der Waals surface area contributed by atoms with Crippen molar-refractivity contribution in [3.8, 4) is 0 Å². The summed E-state index contributed by atoms with van der Waals surface area (Å²) in [6.07, 6.45) is 2.72. The number of hydrogen-bond donors (Lipinski definition) is 1. The van der Waals surface area contributed by atoms with Gasteiger partial charge >= 0.3 is 0 Å². The third kappa shape index (κ3) is 5.31. The lowest BCUT2D eigenvalue weighted by atomic mass is 9.97. The minimum Gasteiger partial charge on any atom is -0.360 e. The molecule has 34 heavy (non-hydrogen) atoms. The molecule has 1 aromatic heterocycles. The van der Waals surface area contributed by atoms with Gasteiger partial charge in [-0.05, 0) is 57.2 Å². The number of benzene rings is 1. The van der Waals surface area contributed by atoms with Crippen molar-refractivity contribution in [3.63, 3.8) is 0 Å². The molecule has 8 nitrogen and oxygen atoms in total. The first kappa shape index (κ1) is 24.7. The Bertz CT molecular complexity index is 1130. The van der Waals surface area contributed by atoms with Crippen LogP contribution >= 0.6 is 0 Å². The fourth-order valence-corrected chi connectivity index (χ4v) is 6.61. The fourth-order valence-electron chi connectivity index (χ4n) is 4.80. The summed E-state index contributed by atoms with van der Waals surface area (Å²) in [6, 6.07) is 3.94. The third-order valence-electron chi connectivity index (χ3n) is 6.64. The molecule has 0 spiro atoms. The van der Waals surface area contributed by atoms with Crippen LogP contribution in [-0.2, 0) is 21.4 Å². The van der Waals surface area contributed by atoms with E-state index in [1.165, 1.54) is 10.4 Å².